The minimum absolute atomic E-state index is 0.348. The lowest BCUT2D eigenvalue weighted by molar-refractivity contribution is -0.136. The van der Waals surface area contributed by atoms with Crippen molar-refractivity contribution in [2.75, 3.05) is 19.7 Å². The van der Waals surface area contributed by atoms with Crippen LogP contribution >= 0.6 is 15.9 Å². The Labute approximate surface area is 118 Å². The fourth-order valence-electron chi connectivity index (χ4n) is 2.93. The predicted molar refractivity (Wildman–Crippen MR) is 75.8 cm³/mol. The molecule has 2 aliphatic rings. The van der Waals surface area contributed by atoms with Crippen LogP contribution in [0.4, 0.5) is 0 Å². The van der Waals surface area contributed by atoms with E-state index in [-0.39, 0.29) is 0 Å². The second-order valence-electron chi connectivity index (χ2n) is 5.74. The van der Waals surface area contributed by atoms with E-state index in [9.17, 15) is 4.79 Å². The van der Waals surface area contributed by atoms with Crippen molar-refractivity contribution in [3.63, 3.8) is 0 Å². The molecule has 0 aromatic carbocycles. The minimum Gasteiger partial charge on any atom is -0.378 e. The average Bonchev–Trinajstić information content (AvgIpc) is 2.30. The molecule has 1 saturated heterocycles. The van der Waals surface area contributed by atoms with Gasteiger partial charge in [0, 0.05) is 30.9 Å². The van der Waals surface area contributed by atoms with Crippen molar-refractivity contribution < 1.29 is 9.53 Å². The molecular formula is C14H24BrNO2. The molecule has 0 N–H and O–H groups in total. The molecule has 2 rings (SSSR count). The van der Waals surface area contributed by atoms with Gasteiger partial charge in [0.25, 0.3) is 0 Å². The third kappa shape index (κ3) is 3.47. The summed E-state index contributed by atoms with van der Waals surface area (Å²) in [5, 5.41) is 0. The number of likely N-dealkylation sites (tertiary alicyclic amines) is 1. The summed E-state index contributed by atoms with van der Waals surface area (Å²) in [5.41, 5.74) is 0. The first-order chi connectivity index (χ1) is 8.60. The maximum absolute atomic E-state index is 12.2. The zero-order chi connectivity index (χ0) is 13.1. The lowest BCUT2D eigenvalue weighted by Gasteiger charge is -2.38. The molecule has 0 aromatic rings. The molecule has 0 aromatic heterocycles. The molecule has 0 radical (unpaired) electrons. The van der Waals surface area contributed by atoms with Crippen LogP contribution in [0.1, 0.15) is 39.5 Å². The largest absolute Gasteiger partial charge is 0.378 e. The van der Waals surface area contributed by atoms with Crippen LogP contribution in [0.3, 0.4) is 0 Å². The zero-order valence-corrected chi connectivity index (χ0v) is 13.0. The topological polar surface area (TPSA) is 29.5 Å². The summed E-state index contributed by atoms with van der Waals surface area (Å²) in [6.45, 7) is 6.87. The van der Waals surface area contributed by atoms with Gasteiger partial charge in [0.2, 0.25) is 5.91 Å². The van der Waals surface area contributed by atoms with Crippen molar-refractivity contribution in [3.8, 4) is 0 Å². The Morgan fingerprint density at radius 2 is 2.17 bits per heavy atom. The molecule has 1 saturated carbocycles. The number of alkyl halides is 1. The second-order valence-corrected chi connectivity index (χ2v) is 6.92. The summed E-state index contributed by atoms with van der Waals surface area (Å²) in [6, 6.07) is 0. The van der Waals surface area contributed by atoms with Crippen molar-refractivity contribution in [2.24, 2.45) is 11.8 Å². The number of hydrogen-bond donors (Lipinski definition) is 0. The first-order valence-electron chi connectivity index (χ1n) is 7.13. The van der Waals surface area contributed by atoms with Crippen LogP contribution in [0, 0.1) is 11.8 Å². The fourth-order valence-corrected chi connectivity index (χ4v) is 3.30. The van der Waals surface area contributed by atoms with Gasteiger partial charge in [-0.1, -0.05) is 22.9 Å². The normalized spacial score (nSPS) is 36.3. The van der Waals surface area contributed by atoms with Crippen LogP contribution in [0.5, 0.6) is 0 Å². The van der Waals surface area contributed by atoms with Gasteiger partial charge in [-0.2, -0.15) is 0 Å². The number of amides is 1. The molecule has 3 nitrogen and oxygen atoms in total. The molecular weight excluding hydrogens is 294 g/mol. The van der Waals surface area contributed by atoms with Gasteiger partial charge >= 0.3 is 0 Å². The van der Waals surface area contributed by atoms with Crippen LogP contribution in [0.2, 0.25) is 0 Å². The number of hydrogen-bond acceptors (Lipinski definition) is 2. The molecule has 0 bridgehead atoms. The van der Waals surface area contributed by atoms with Crippen LogP contribution < -0.4 is 0 Å². The number of nitrogens with zero attached hydrogens (tertiary/aromatic N) is 1. The van der Waals surface area contributed by atoms with Gasteiger partial charge in [0.1, 0.15) is 0 Å². The van der Waals surface area contributed by atoms with Gasteiger partial charge in [-0.3, -0.25) is 4.79 Å². The Morgan fingerprint density at radius 1 is 1.44 bits per heavy atom. The molecule has 18 heavy (non-hydrogen) atoms. The van der Waals surface area contributed by atoms with Gasteiger partial charge < -0.3 is 9.64 Å². The van der Waals surface area contributed by atoms with E-state index in [0.29, 0.717) is 28.7 Å². The van der Waals surface area contributed by atoms with Crippen LogP contribution in [-0.4, -0.2) is 41.4 Å². The smallest absolute Gasteiger partial charge is 0.222 e. The first kappa shape index (κ1) is 14.3. The number of carbonyl (C=O) groups is 1. The maximum Gasteiger partial charge on any atom is 0.222 e. The number of carbonyl (C=O) groups excluding carboxylic acids is 1. The lowest BCUT2D eigenvalue weighted by Crippen LogP contribution is -2.45. The average molecular weight is 318 g/mol. The Morgan fingerprint density at radius 3 is 2.78 bits per heavy atom. The van der Waals surface area contributed by atoms with Crippen LogP contribution in [0.25, 0.3) is 0 Å². The van der Waals surface area contributed by atoms with Crippen LogP contribution in [-0.2, 0) is 9.53 Å². The molecule has 1 heterocycles. The third-order valence-corrected chi connectivity index (χ3v) is 5.57. The number of ether oxygens (including phenoxy) is 1. The Kier molecular flexibility index (Phi) is 5.07. The van der Waals surface area contributed by atoms with E-state index >= 15 is 0 Å². The summed E-state index contributed by atoms with van der Waals surface area (Å²) in [6.07, 6.45) is 4.37. The van der Waals surface area contributed by atoms with E-state index < -0.39 is 0 Å². The van der Waals surface area contributed by atoms with E-state index in [2.05, 4.69) is 27.8 Å². The van der Waals surface area contributed by atoms with E-state index in [1.54, 1.807) is 0 Å². The molecule has 2 fully saturated rings. The first-order valence-corrected chi connectivity index (χ1v) is 8.05. The van der Waals surface area contributed by atoms with Gasteiger partial charge in [-0.25, -0.2) is 0 Å². The van der Waals surface area contributed by atoms with E-state index in [0.717, 1.165) is 45.4 Å². The monoisotopic (exact) mass is 317 g/mol. The Hall–Kier alpha value is -0.0900. The molecule has 1 aliphatic heterocycles. The van der Waals surface area contributed by atoms with Crippen molar-refractivity contribution >= 4 is 21.8 Å². The van der Waals surface area contributed by atoms with Crippen molar-refractivity contribution in [3.05, 3.63) is 0 Å². The zero-order valence-electron chi connectivity index (χ0n) is 11.4. The van der Waals surface area contributed by atoms with Gasteiger partial charge in [0.15, 0.2) is 0 Å². The quantitative estimate of drug-likeness (QED) is 0.746. The Bertz CT molecular complexity index is 292. The van der Waals surface area contributed by atoms with Gasteiger partial charge in [0.05, 0.1) is 6.10 Å². The summed E-state index contributed by atoms with van der Waals surface area (Å²) in [4.78, 5) is 14.8. The molecule has 104 valence electrons. The van der Waals surface area contributed by atoms with Gasteiger partial charge in [-0.05, 0) is 38.0 Å². The highest BCUT2D eigenvalue weighted by Gasteiger charge is 2.34. The number of rotatable bonds is 4. The molecule has 0 spiro atoms. The van der Waals surface area contributed by atoms with E-state index in [1.807, 2.05) is 6.92 Å². The number of halogens is 1. The van der Waals surface area contributed by atoms with E-state index in [1.165, 1.54) is 0 Å². The SMILES string of the molecule is CCOC1CC(CC(=O)N2CCC(Br)C(C)C2)C1. The standard InChI is InChI=1S/C14H24BrNO2/c1-3-18-12-6-11(7-12)8-14(17)16-5-4-13(15)10(2)9-16/h10-13H,3-9H2,1-2H3. The highest BCUT2D eigenvalue weighted by molar-refractivity contribution is 9.09. The molecule has 2 atom stereocenters. The summed E-state index contributed by atoms with van der Waals surface area (Å²) >= 11 is 3.68. The second kappa shape index (κ2) is 6.38. The van der Waals surface area contributed by atoms with Crippen molar-refractivity contribution in [1.29, 1.82) is 0 Å². The third-order valence-electron chi connectivity index (χ3n) is 4.21. The number of piperidine rings is 1. The fraction of sp³-hybridized carbons (Fsp3) is 0.929. The highest BCUT2D eigenvalue weighted by atomic mass is 79.9. The molecule has 4 heteroatoms. The van der Waals surface area contributed by atoms with E-state index in [4.69, 9.17) is 4.74 Å². The molecule has 1 amide bonds. The molecule has 2 unspecified atom stereocenters. The Balaban J connectivity index is 1.70. The van der Waals surface area contributed by atoms with Crippen molar-refractivity contribution in [2.45, 2.75) is 50.5 Å². The maximum atomic E-state index is 12.2. The van der Waals surface area contributed by atoms with Crippen molar-refractivity contribution in [1.82, 2.24) is 4.90 Å². The minimum atomic E-state index is 0.348. The van der Waals surface area contributed by atoms with Gasteiger partial charge in [-0.15, -0.1) is 0 Å². The van der Waals surface area contributed by atoms with Crippen LogP contribution in [0.15, 0.2) is 0 Å². The highest BCUT2D eigenvalue weighted by Crippen LogP contribution is 2.33. The predicted octanol–water partition coefficient (Wildman–Crippen LogP) is 2.82. The summed E-state index contributed by atoms with van der Waals surface area (Å²) in [7, 11) is 0. The summed E-state index contributed by atoms with van der Waals surface area (Å²) in [5.74, 6) is 1.48. The summed E-state index contributed by atoms with van der Waals surface area (Å²) < 4.78 is 5.54. The molecule has 1 aliphatic carbocycles. The lowest BCUT2D eigenvalue weighted by atomic mass is 9.79.